The minimum absolute atomic E-state index is 0.0256. The number of amides is 1. The molecule has 0 saturated carbocycles. The van der Waals surface area contributed by atoms with E-state index in [1.165, 1.54) is 11.6 Å². The molecular formula is C25H27F3N4O5S. The molecule has 3 heterocycles. The van der Waals surface area contributed by atoms with Crippen molar-refractivity contribution in [3.8, 4) is 5.75 Å². The number of nitrogens with one attached hydrogen (secondary N) is 1. The molecule has 0 bridgehead atoms. The third-order valence-corrected chi connectivity index (χ3v) is 7.74. The number of nitrogens with zero attached hydrogens (tertiary/aromatic N) is 3. The first-order chi connectivity index (χ1) is 18.0. The fraction of sp³-hybridized carbons (Fsp3) is 0.440. The maximum absolute atomic E-state index is 13.7. The lowest BCUT2D eigenvalue weighted by atomic mass is 10.1. The number of carbonyl (C=O) groups is 2. The van der Waals surface area contributed by atoms with Crippen LogP contribution < -0.4 is 15.6 Å². The van der Waals surface area contributed by atoms with E-state index in [1.54, 1.807) is 37.3 Å². The van der Waals surface area contributed by atoms with Gasteiger partial charge >= 0.3 is 6.18 Å². The second kappa shape index (κ2) is 11.1. The Morgan fingerprint density at radius 3 is 2.45 bits per heavy atom. The fourth-order valence-corrected chi connectivity index (χ4v) is 5.74. The molecule has 0 atom stereocenters. The van der Waals surface area contributed by atoms with Crippen molar-refractivity contribution >= 4 is 33.5 Å². The molecule has 1 aliphatic rings. The number of carbonyl (C=O) groups excluding carboxylic acids is 2. The number of ketones is 1. The summed E-state index contributed by atoms with van der Waals surface area (Å²) >= 11 is 0. The molecule has 13 heteroatoms. The van der Waals surface area contributed by atoms with Crippen molar-refractivity contribution < 1.29 is 31.7 Å². The van der Waals surface area contributed by atoms with Gasteiger partial charge in [-0.1, -0.05) is 37.3 Å². The zero-order valence-corrected chi connectivity index (χ0v) is 21.7. The van der Waals surface area contributed by atoms with Crippen molar-refractivity contribution in [3.05, 3.63) is 57.8 Å². The van der Waals surface area contributed by atoms with E-state index in [9.17, 15) is 31.8 Å². The summed E-state index contributed by atoms with van der Waals surface area (Å²) in [5, 5.41) is 2.45. The molecule has 38 heavy (non-hydrogen) atoms. The van der Waals surface area contributed by atoms with Crippen LogP contribution in [-0.2, 0) is 30.8 Å². The van der Waals surface area contributed by atoms with Gasteiger partial charge in [-0.3, -0.25) is 23.2 Å². The third-order valence-electron chi connectivity index (χ3n) is 6.36. The predicted molar refractivity (Wildman–Crippen MR) is 135 cm³/mol. The molecule has 1 fully saturated rings. The second-order valence-corrected chi connectivity index (χ2v) is 10.7. The molecule has 4 rings (SSSR count). The first-order valence-electron chi connectivity index (χ1n) is 12.1. The van der Waals surface area contributed by atoms with Crippen molar-refractivity contribution in [2.75, 3.05) is 18.1 Å². The number of benzene rings is 1. The quantitative estimate of drug-likeness (QED) is 0.430. The molecule has 0 spiro atoms. The molecule has 0 radical (unpaired) electrons. The standard InChI is InChI=1S/C25H27F3N4O5S/c1-3-18-30-22-19(24(35)32(18)13-17(33)15-7-5-4-6-8-15)21(37-14-25(26,27)28)20(31(22)2)23(34)29-16-9-11-38(36)12-10-16/h4-8,16H,3,9-14H2,1-2H3,(H,29,34). The summed E-state index contributed by atoms with van der Waals surface area (Å²) in [5.74, 6) is -0.623. The number of ether oxygens (including phenoxy) is 1. The summed E-state index contributed by atoms with van der Waals surface area (Å²) in [6.45, 7) is -0.391. The molecule has 2 aromatic heterocycles. The topological polar surface area (TPSA) is 112 Å². The highest BCUT2D eigenvalue weighted by molar-refractivity contribution is 7.85. The van der Waals surface area contributed by atoms with E-state index >= 15 is 0 Å². The number of hydrogen-bond acceptors (Lipinski definition) is 6. The Kier molecular flexibility index (Phi) is 8.05. The Balaban J connectivity index is 1.82. The van der Waals surface area contributed by atoms with E-state index in [2.05, 4.69) is 10.3 Å². The molecule has 1 N–H and O–H groups in total. The fourth-order valence-electron chi connectivity index (χ4n) is 4.44. The molecule has 1 amide bonds. The van der Waals surface area contributed by atoms with E-state index in [0.29, 0.717) is 29.9 Å². The molecule has 1 aliphatic heterocycles. The first kappa shape index (κ1) is 27.6. The van der Waals surface area contributed by atoms with Crippen LogP contribution in [0.5, 0.6) is 5.75 Å². The van der Waals surface area contributed by atoms with Gasteiger partial charge in [0.05, 0.1) is 6.54 Å². The van der Waals surface area contributed by atoms with Crippen molar-refractivity contribution in [2.45, 2.75) is 44.9 Å². The first-order valence-corrected chi connectivity index (χ1v) is 13.5. The van der Waals surface area contributed by atoms with Crippen LogP contribution >= 0.6 is 0 Å². The van der Waals surface area contributed by atoms with Gasteiger partial charge in [0.2, 0.25) is 0 Å². The second-order valence-electron chi connectivity index (χ2n) is 9.00. The van der Waals surface area contributed by atoms with Crippen LogP contribution in [0.25, 0.3) is 11.0 Å². The van der Waals surface area contributed by atoms with Crippen molar-refractivity contribution in [1.82, 2.24) is 19.4 Å². The number of hydrogen-bond donors (Lipinski definition) is 1. The van der Waals surface area contributed by atoms with Crippen LogP contribution in [0.2, 0.25) is 0 Å². The maximum atomic E-state index is 13.7. The minimum atomic E-state index is -4.73. The average molecular weight is 553 g/mol. The summed E-state index contributed by atoms with van der Waals surface area (Å²) < 4.78 is 58.5. The van der Waals surface area contributed by atoms with Crippen LogP contribution in [0.15, 0.2) is 35.1 Å². The van der Waals surface area contributed by atoms with Gasteiger partial charge in [-0.05, 0) is 12.8 Å². The van der Waals surface area contributed by atoms with Gasteiger partial charge in [-0.15, -0.1) is 0 Å². The molecule has 0 aliphatic carbocycles. The Morgan fingerprint density at radius 1 is 1.18 bits per heavy atom. The molecule has 204 valence electrons. The third kappa shape index (κ3) is 5.82. The summed E-state index contributed by atoms with van der Waals surface area (Å²) in [7, 11) is 0.445. The van der Waals surface area contributed by atoms with Crippen LogP contribution in [-0.4, -0.2) is 60.3 Å². The predicted octanol–water partition coefficient (Wildman–Crippen LogP) is 2.76. The number of aryl methyl sites for hydroxylation is 2. The van der Waals surface area contributed by atoms with Crippen molar-refractivity contribution in [2.24, 2.45) is 7.05 Å². The van der Waals surface area contributed by atoms with Crippen LogP contribution in [0, 0.1) is 0 Å². The van der Waals surface area contributed by atoms with Crippen LogP contribution in [0.1, 0.15) is 46.4 Å². The number of alkyl halides is 3. The smallest absolute Gasteiger partial charge is 0.422 e. The summed E-state index contributed by atoms with van der Waals surface area (Å²) in [6.07, 6.45) is -3.58. The van der Waals surface area contributed by atoms with Gasteiger partial charge in [0.15, 0.2) is 29.5 Å². The lowest BCUT2D eigenvalue weighted by Gasteiger charge is -2.23. The van der Waals surface area contributed by atoms with E-state index in [4.69, 9.17) is 4.74 Å². The molecule has 0 unspecified atom stereocenters. The van der Waals surface area contributed by atoms with E-state index < -0.39 is 40.8 Å². The highest BCUT2D eigenvalue weighted by Crippen LogP contribution is 2.32. The lowest BCUT2D eigenvalue weighted by molar-refractivity contribution is -0.153. The zero-order chi connectivity index (χ0) is 27.6. The van der Waals surface area contributed by atoms with Gasteiger partial charge in [0.25, 0.3) is 11.5 Å². The Hall–Kier alpha value is -3.48. The molecule has 9 nitrogen and oxygen atoms in total. The molecular weight excluding hydrogens is 525 g/mol. The van der Waals surface area contributed by atoms with Gasteiger partial charge in [0.1, 0.15) is 11.2 Å². The normalized spacial score (nSPS) is 17.9. The van der Waals surface area contributed by atoms with Gasteiger partial charge in [-0.2, -0.15) is 13.2 Å². The Labute approximate surface area is 218 Å². The average Bonchev–Trinajstić information content (AvgIpc) is 3.17. The minimum Gasteiger partial charge on any atom is -0.481 e. The summed E-state index contributed by atoms with van der Waals surface area (Å²) in [4.78, 5) is 44.3. The van der Waals surface area contributed by atoms with Crippen molar-refractivity contribution in [1.29, 1.82) is 0 Å². The van der Waals surface area contributed by atoms with Crippen molar-refractivity contribution in [3.63, 3.8) is 0 Å². The number of fused-ring (bicyclic) bond motifs is 1. The van der Waals surface area contributed by atoms with Gasteiger partial charge < -0.3 is 14.6 Å². The van der Waals surface area contributed by atoms with E-state index in [0.717, 1.165) is 4.57 Å². The Morgan fingerprint density at radius 2 is 1.84 bits per heavy atom. The lowest BCUT2D eigenvalue weighted by Crippen LogP contribution is -2.40. The van der Waals surface area contributed by atoms with Gasteiger partial charge in [0, 0.05) is 47.4 Å². The van der Waals surface area contributed by atoms with Gasteiger partial charge in [-0.25, -0.2) is 4.98 Å². The zero-order valence-electron chi connectivity index (χ0n) is 20.8. The monoisotopic (exact) mass is 552 g/mol. The molecule has 1 aromatic carbocycles. The number of halogens is 3. The largest absolute Gasteiger partial charge is 0.481 e. The van der Waals surface area contributed by atoms with E-state index in [1.807, 2.05) is 0 Å². The van der Waals surface area contributed by atoms with Crippen LogP contribution in [0.3, 0.4) is 0 Å². The highest BCUT2D eigenvalue weighted by atomic mass is 32.2. The number of aromatic nitrogens is 3. The highest BCUT2D eigenvalue weighted by Gasteiger charge is 2.34. The van der Waals surface area contributed by atoms with Crippen LogP contribution in [0.4, 0.5) is 13.2 Å². The number of rotatable bonds is 8. The maximum Gasteiger partial charge on any atom is 0.422 e. The summed E-state index contributed by atoms with van der Waals surface area (Å²) in [6, 6.07) is 7.94. The molecule has 3 aromatic rings. The number of Topliss-reactive ketones (excluding diaryl/α,β-unsaturated/α-hetero) is 1. The Bertz CT molecular complexity index is 1440. The molecule has 1 saturated heterocycles. The SMILES string of the molecule is CCc1nc2c(c(OCC(F)(F)F)c(C(=O)NC3CCS(=O)CC3)n2C)c(=O)n1CC(=O)c1ccccc1. The summed E-state index contributed by atoms with van der Waals surface area (Å²) in [5.41, 5.74) is -0.732. The van der Waals surface area contributed by atoms with E-state index in [-0.39, 0.29) is 47.3 Å².